The number of aromatic nitrogens is 2. The fourth-order valence-electron chi connectivity index (χ4n) is 2.15. The van der Waals surface area contributed by atoms with Crippen LogP contribution in [0.4, 0.5) is 0 Å². The van der Waals surface area contributed by atoms with Crippen LogP contribution >= 0.6 is 12.4 Å². The molecule has 0 aliphatic carbocycles. The van der Waals surface area contributed by atoms with Gasteiger partial charge in [0.05, 0.1) is 6.54 Å². The molecule has 1 aromatic heterocycles. The average Bonchev–Trinajstić information content (AvgIpc) is 2.79. The maximum atomic E-state index is 5.68. The van der Waals surface area contributed by atoms with Crippen LogP contribution in [0.25, 0.3) is 0 Å². The first-order chi connectivity index (χ1) is 8.19. The fourth-order valence-corrected chi connectivity index (χ4v) is 2.15. The van der Waals surface area contributed by atoms with Crippen molar-refractivity contribution in [2.45, 2.75) is 39.2 Å². The summed E-state index contributed by atoms with van der Waals surface area (Å²) in [5.41, 5.74) is 5.68. The van der Waals surface area contributed by atoms with E-state index in [1.807, 2.05) is 0 Å². The summed E-state index contributed by atoms with van der Waals surface area (Å²) < 4.78 is 5.20. The van der Waals surface area contributed by atoms with Crippen LogP contribution in [0, 0.1) is 5.92 Å². The molecule has 1 aliphatic rings. The minimum absolute atomic E-state index is 0. The minimum Gasteiger partial charge on any atom is -0.339 e. The maximum Gasteiger partial charge on any atom is 0.229 e. The van der Waals surface area contributed by atoms with Crippen molar-refractivity contribution in [2.75, 3.05) is 19.6 Å². The van der Waals surface area contributed by atoms with E-state index in [4.69, 9.17) is 10.3 Å². The Kier molecular flexibility index (Phi) is 6.05. The zero-order valence-corrected chi connectivity index (χ0v) is 11.9. The largest absolute Gasteiger partial charge is 0.339 e. The molecule has 2 rings (SSSR count). The van der Waals surface area contributed by atoms with Gasteiger partial charge in [0.25, 0.3) is 0 Å². The third-order valence-corrected chi connectivity index (χ3v) is 3.38. The van der Waals surface area contributed by atoms with Crippen molar-refractivity contribution in [1.82, 2.24) is 15.0 Å². The molecule has 5 nitrogen and oxygen atoms in total. The summed E-state index contributed by atoms with van der Waals surface area (Å²) in [6.45, 7) is 7.91. The Morgan fingerprint density at radius 2 is 2.06 bits per heavy atom. The van der Waals surface area contributed by atoms with E-state index < -0.39 is 0 Å². The van der Waals surface area contributed by atoms with Gasteiger partial charge in [-0.05, 0) is 38.4 Å². The van der Waals surface area contributed by atoms with Crippen molar-refractivity contribution in [3.8, 4) is 0 Å². The summed E-state index contributed by atoms with van der Waals surface area (Å²) in [6, 6.07) is 0. The monoisotopic (exact) mass is 274 g/mol. The molecule has 1 aromatic rings. The lowest BCUT2D eigenvalue weighted by molar-refractivity contribution is 0.175. The molecule has 0 aromatic carbocycles. The fraction of sp³-hybridized carbons (Fsp3) is 0.833. The van der Waals surface area contributed by atoms with Gasteiger partial charge in [0.1, 0.15) is 0 Å². The summed E-state index contributed by atoms with van der Waals surface area (Å²) in [5.74, 6) is 2.54. The number of nitrogens with zero attached hydrogens (tertiary/aromatic N) is 3. The smallest absolute Gasteiger partial charge is 0.229 e. The molecule has 1 aliphatic heterocycles. The van der Waals surface area contributed by atoms with E-state index in [1.54, 1.807) is 0 Å². The Balaban J connectivity index is 0.00000162. The molecule has 2 heterocycles. The molecular weight excluding hydrogens is 252 g/mol. The third kappa shape index (κ3) is 3.93. The molecule has 0 saturated carbocycles. The Bertz CT molecular complexity index is 348. The Hall–Kier alpha value is -0.650. The summed E-state index contributed by atoms with van der Waals surface area (Å²) in [4.78, 5) is 6.78. The first-order valence-corrected chi connectivity index (χ1v) is 6.44. The molecule has 6 heteroatoms. The Morgan fingerprint density at radius 3 is 2.56 bits per heavy atom. The molecule has 0 radical (unpaired) electrons. The maximum absolute atomic E-state index is 5.68. The van der Waals surface area contributed by atoms with Crippen LogP contribution in [0.1, 0.15) is 44.3 Å². The summed E-state index contributed by atoms with van der Waals surface area (Å²) >= 11 is 0. The zero-order valence-electron chi connectivity index (χ0n) is 11.1. The lowest BCUT2D eigenvalue weighted by atomic mass is 9.97. The van der Waals surface area contributed by atoms with Crippen LogP contribution in [0.15, 0.2) is 4.52 Å². The highest BCUT2D eigenvalue weighted by atomic mass is 35.5. The average molecular weight is 275 g/mol. The molecule has 0 amide bonds. The van der Waals surface area contributed by atoms with Gasteiger partial charge >= 0.3 is 0 Å². The van der Waals surface area contributed by atoms with Gasteiger partial charge in [0.15, 0.2) is 5.82 Å². The van der Waals surface area contributed by atoms with Crippen LogP contribution < -0.4 is 5.73 Å². The van der Waals surface area contributed by atoms with E-state index in [-0.39, 0.29) is 12.4 Å². The van der Waals surface area contributed by atoms with E-state index in [2.05, 4.69) is 28.9 Å². The van der Waals surface area contributed by atoms with Crippen molar-refractivity contribution >= 4 is 12.4 Å². The standard InChI is InChI=1S/C12H22N4O.ClH/c1-9(2)12-14-11(15-17-12)8-16-5-3-10(7-13)4-6-16;/h9-10H,3-8,13H2,1-2H3;1H. The highest BCUT2D eigenvalue weighted by molar-refractivity contribution is 5.85. The van der Waals surface area contributed by atoms with E-state index in [0.717, 1.165) is 37.9 Å². The molecule has 104 valence electrons. The van der Waals surface area contributed by atoms with E-state index >= 15 is 0 Å². The second kappa shape index (κ2) is 7.07. The van der Waals surface area contributed by atoms with Gasteiger partial charge < -0.3 is 10.3 Å². The zero-order chi connectivity index (χ0) is 12.3. The predicted molar refractivity (Wildman–Crippen MR) is 72.7 cm³/mol. The van der Waals surface area contributed by atoms with Crippen LogP contribution in [0.5, 0.6) is 0 Å². The molecule has 0 atom stereocenters. The number of piperidine rings is 1. The Labute approximate surface area is 115 Å². The van der Waals surface area contributed by atoms with Gasteiger partial charge in [-0.15, -0.1) is 12.4 Å². The number of halogens is 1. The van der Waals surface area contributed by atoms with Crippen molar-refractivity contribution < 1.29 is 4.52 Å². The van der Waals surface area contributed by atoms with Gasteiger partial charge in [-0.25, -0.2) is 0 Å². The molecule has 0 spiro atoms. The molecule has 2 N–H and O–H groups in total. The van der Waals surface area contributed by atoms with Crippen molar-refractivity contribution in [1.29, 1.82) is 0 Å². The van der Waals surface area contributed by atoms with Crippen LogP contribution in [0.2, 0.25) is 0 Å². The lowest BCUT2D eigenvalue weighted by Gasteiger charge is -2.30. The first kappa shape index (κ1) is 15.4. The number of nitrogens with two attached hydrogens (primary N) is 1. The van der Waals surface area contributed by atoms with Crippen LogP contribution in [0.3, 0.4) is 0 Å². The van der Waals surface area contributed by atoms with Crippen molar-refractivity contribution in [3.05, 3.63) is 11.7 Å². The summed E-state index contributed by atoms with van der Waals surface area (Å²) in [7, 11) is 0. The third-order valence-electron chi connectivity index (χ3n) is 3.38. The number of rotatable bonds is 4. The predicted octanol–water partition coefficient (Wildman–Crippen LogP) is 1.79. The number of hydrogen-bond acceptors (Lipinski definition) is 5. The normalized spacial score (nSPS) is 18.0. The lowest BCUT2D eigenvalue weighted by Crippen LogP contribution is -2.35. The first-order valence-electron chi connectivity index (χ1n) is 6.44. The molecule has 0 bridgehead atoms. The van der Waals surface area contributed by atoms with Crippen LogP contribution in [-0.4, -0.2) is 34.7 Å². The van der Waals surface area contributed by atoms with Gasteiger partial charge in [0, 0.05) is 5.92 Å². The quantitative estimate of drug-likeness (QED) is 0.907. The Morgan fingerprint density at radius 1 is 1.39 bits per heavy atom. The van der Waals surface area contributed by atoms with Gasteiger partial charge in [-0.2, -0.15) is 4.98 Å². The highest BCUT2D eigenvalue weighted by Crippen LogP contribution is 2.18. The molecule has 0 unspecified atom stereocenters. The SMILES string of the molecule is CC(C)c1nc(CN2CCC(CN)CC2)no1.Cl. The van der Waals surface area contributed by atoms with Gasteiger partial charge in [0.2, 0.25) is 5.89 Å². The van der Waals surface area contributed by atoms with Gasteiger partial charge in [-0.1, -0.05) is 19.0 Å². The second-order valence-corrected chi connectivity index (χ2v) is 5.16. The van der Waals surface area contributed by atoms with Gasteiger partial charge in [-0.3, -0.25) is 4.90 Å². The summed E-state index contributed by atoms with van der Waals surface area (Å²) in [6.07, 6.45) is 2.37. The van der Waals surface area contributed by atoms with E-state index in [9.17, 15) is 0 Å². The van der Waals surface area contributed by atoms with E-state index in [1.165, 1.54) is 12.8 Å². The van der Waals surface area contributed by atoms with E-state index in [0.29, 0.717) is 11.8 Å². The molecule has 18 heavy (non-hydrogen) atoms. The van der Waals surface area contributed by atoms with Crippen molar-refractivity contribution in [2.24, 2.45) is 11.7 Å². The molecular formula is C12H23ClN4O. The minimum atomic E-state index is 0. The summed E-state index contributed by atoms with van der Waals surface area (Å²) in [5, 5.41) is 4.02. The molecule has 1 fully saturated rings. The molecule has 1 saturated heterocycles. The second-order valence-electron chi connectivity index (χ2n) is 5.16. The number of likely N-dealkylation sites (tertiary alicyclic amines) is 1. The topological polar surface area (TPSA) is 68.2 Å². The number of hydrogen-bond donors (Lipinski definition) is 1. The van der Waals surface area contributed by atoms with Crippen LogP contribution in [-0.2, 0) is 6.54 Å². The highest BCUT2D eigenvalue weighted by Gasteiger charge is 2.20. The van der Waals surface area contributed by atoms with Crippen molar-refractivity contribution in [3.63, 3.8) is 0 Å².